The maximum Gasteiger partial charge on any atom is 0.348 e. The molecule has 2 aromatic heterocycles. The number of benzene rings is 1. The standard InChI is InChI=1S/C14H11NO3S/c1-2-17-10-5-3-9(4-6-10)11-7-19-13-12(11)14(16)18-8-15-13/h3-8H,2H2,1H3. The first-order valence-electron chi connectivity index (χ1n) is 5.88. The molecule has 3 aromatic rings. The van der Waals surface area contributed by atoms with Crippen molar-refractivity contribution in [2.24, 2.45) is 0 Å². The molecule has 0 fully saturated rings. The van der Waals surface area contributed by atoms with Crippen LogP contribution in [-0.2, 0) is 0 Å². The van der Waals surface area contributed by atoms with Gasteiger partial charge in [0.2, 0.25) is 0 Å². The van der Waals surface area contributed by atoms with Crippen LogP contribution in [0.1, 0.15) is 6.92 Å². The summed E-state index contributed by atoms with van der Waals surface area (Å²) in [5.74, 6) is 0.816. The lowest BCUT2D eigenvalue weighted by molar-refractivity contribution is 0.340. The van der Waals surface area contributed by atoms with Crippen molar-refractivity contribution in [1.82, 2.24) is 4.98 Å². The molecule has 0 aliphatic heterocycles. The van der Waals surface area contributed by atoms with Crippen molar-refractivity contribution in [3.05, 3.63) is 46.5 Å². The molecule has 19 heavy (non-hydrogen) atoms. The monoisotopic (exact) mass is 273 g/mol. The largest absolute Gasteiger partial charge is 0.494 e. The summed E-state index contributed by atoms with van der Waals surface area (Å²) in [5, 5.41) is 2.46. The highest BCUT2D eigenvalue weighted by atomic mass is 32.1. The minimum absolute atomic E-state index is 0.352. The highest BCUT2D eigenvalue weighted by molar-refractivity contribution is 7.17. The summed E-state index contributed by atoms with van der Waals surface area (Å²) < 4.78 is 10.2. The molecule has 4 nitrogen and oxygen atoms in total. The van der Waals surface area contributed by atoms with Gasteiger partial charge in [-0.25, -0.2) is 9.78 Å². The number of fused-ring (bicyclic) bond motifs is 1. The molecule has 0 aliphatic carbocycles. The Morgan fingerprint density at radius 1 is 1.32 bits per heavy atom. The third-order valence-electron chi connectivity index (χ3n) is 2.78. The van der Waals surface area contributed by atoms with Gasteiger partial charge in [-0.3, -0.25) is 0 Å². The van der Waals surface area contributed by atoms with E-state index in [9.17, 15) is 4.79 Å². The zero-order chi connectivity index (χ0) is 13.2. The maximum atomic E-state index is 11.8. The molecule has 0 unspecified atom stereocenters. The number of hydrogen-bond acceptors (Lipinski definition) is 5. The average Bonchev–Trinajstić information content (AvgIpc) is 2.85. The van der Waals surface area contributed by atoms with E-state index in [0.717, 1.165) is 16.9 Å². The zero-order valence-electron chi connectivity index (χ0n) is 10.3. The molecule has 2 heterocycles. The van der Waals surface area contributed by atoms with Crippen LogP contribution in [-0.4, -0.2) is 11.6 Å². The Balaban J connectivity index is 2.11. The van der Waals surface area contributed by atoms with E-state index in [4.69, 9.17) is 9.15 Å². The quantitative estimate of drug-likeness (QED) is 0.734. The van der Waals surface area contributed by atoms with Gasteiger partial charge in [0.25, 0.3) is 0 Å². The first-order valence-corrected chi connectivity index (χ1v) is 6.76. The van der Waals surface area contributed by atoms with Gasteiger partial charge in [0.15, 0.2) is 6.39 Å². The number of hydrogen-bond donors (Lipinski definition) is 0. The second-order valence-corrected chi connectivity index (χ2v) is 4.78. The van der Waals surface area contributed by atoms with E-state index >= 15 is 0 Å². The van der Waals surface area contributed by atoms with E-state index in [2.05, 4.69) is 4.98 Å². The van der Waals surface area contributed by atoms with Gasteiger partial charge in [-0.1, -0.05) is 12.1 Å². The molecule has 0 amide bonds. The van der Waals surface area contributed by atoms with E-state index in [1.807, 2.05) is 36.6 Å². The van der Waals surface area contributed by atoms with Crippen LogP contribution in [0.5, 0.6) is 5.75 Å². The number of nitrogens with zero attached hydrogens (tertiary/aromatic N) is 1. The van der Waals surface area contributed by atoms with Crippen molar-refractivity contribution in [2.75, 3.05) is 6.61 Å². The summed E-state index contributed by atoms with van der Waals surface area (Å²) in [4.78, 5) is 16.5. The Kier molecular flexibility index (Phi) is 3.05. The summed E-state index contributed by atoms with van der Waals surface area (Å²) >= 11 is 1.44. The topological polar surface area (TPSA) is 52.3 Å². The van der Waals surface area contributed by atoms with Crippen molar-refractivity contribution in [3.63, 3.8) is 0 Å². The Bertz CT molecular complexity index is 758. The molecule has 0 N–H and O–H groups in total. The summed E-state index contributed by atoms with van der Waals surface area (Å²) in [6.45, 7) is 2.57. The molecular weight excluding hydrogens is 262 g/mol. The molecular formula is C14H11NO3S. The van der Waals surface area contributed by atoms with Gasteiger partial charge < -0.3 is 9.15 Å². The number of ether oxygens (including phenoxy) is 1. The van der Waals surface area contributed by atoms with Gasteiger partial charge in [-0.05, 0) is 24.6 Å². The van der Waals surface area contributed by atoms with Crippen molar-refractivity contribution in [1.29, 1.82) is 0 Å². The van der Waals surface area contributed by atoms with Crippen LogP contribution in [0.2, 0.25) is 0 Å². The first kappa shape index (κ1) is 11.9. The Labute approximate surface area is 113 Å². The summed E-state index contributed by atoms with van der Waals surface area (Å²) in [6.07, 6.45) is 1.18. The number of rotatable bonds is 3. The normalized spacial score (nSPS) is 10.8. The smallest absolute Gasteiger partial charge is 0.348 e. The van der Waals surface area contributed by atoms with Crippen LogP contribution < -0.4 is 10.4 Å². The molecule has 0 spiro atoms. The second kappa shape index (κ2) is 4.85. The lowest BCUT2D eigenvalue weighted by atomic mass is 10.1. The fourth-order valence-corrected chi connectivity index (χ4v) is 2.83. The minimum atomic E-state index is -0.352. The average molecular weight is 273 g/mol. The molecule has 5 heteroatoms. The fraction of sp³-hybridized carbons (Fsp3) is 0.143. The van der Waals surface area contributed by atoms with Gasteiger partial charge in [0, 0.05) is 10.9 Å². The molecule has 96 valence electrons. The Morgan fingerprint density at radius 2 is 2.11 bits per heavy atom. The van der Waals surface area contributed by atoms with Crippen molar-refractivity contribution >= 4 is 21.6 Å². The van der Waals surface area contributed by atoms with Crippen molar-refractivity contribution in [3.8, 4) is 16.9 Å². The van der Waals surface area contributed by atoms with Crippen LogP contribution in [0, 0.1) is 0 Å². The van der Waals surface area contributed by atoms with Gasteiger partial charge in [0.1, 0.15) is 16.0 Å². The SMILES string of the molecule is CCOc1ccc(-c2csc3ncoc(=O)c23)cc1. The van der Waals surface area contributed by atoms with E-state index in [1.165, 1.54) is 17.7 Å². The fourth-order valence-electron chi connectivity index (χ4n) is 1.93. The minimum Gasteiger partial charge on any atom is -0.494 e. The summed E-state index contributed by atoms with van der Waals surface area (Å²) in [6, 6.07) is 7.64. The van der Waals surface area contributed by atoms with E-state index < -0.39 is 0 Å². The Hall–Kier alpha value is -2.14. The molecule has 0 saturated heterocycles. The van der Waals surface area contributed by atoms with Crippen molar-refractivity contribution in [2.45, 2.75) is 6.92 Å². The van der Waals surface area contributed by atoms with Crippen LogP contribution in [0.15, 0.2) is 45.3 Å². The van der Waals surface area contributed by atoms with Crippen LogP contribution >= 0.6 is 11.3 Å². The van der Waals surface area contributed by atoms with Crippen LogP contribution in [0.25, 0.3) is 21.3 Å². The molecule has 0 saturated carbocycles. The maximum absolute atomic E-state index is 11.8. The molecule has 0 atom stereocenters. The summed E-state index contributed by atoms with van der Waals surface area (Å²) in [7, 11) is 0. The van der Waals surface area contributed by atoms with Crippen LogP contribution in [0.3, 0.4) is 0 Å². The zero-order valence-corrected chi connectivity index (χ0v) is 11.1. The van der Waals surface area contributed by atoms with E-state index in [-0.39, 0.29) is 5.63 Å². The first-order chi connectivity index (χ1) is 9.29. The van der Waals surface area contributed by atoms with Crippen molar-refractivity contribution < 1.29 is 9.15 Å². The van der Waals surface area contributed by atoms with Gasteiger partial charge in [0.05, 0.1) is 6.61 Å². The van der Waals surface area contributed by atoms with Gasteiger partial charge in [-0.2, -0.15) is 0 Å². The third-order valence-corrected chi connectivity index (χ3v) is 3.67. The van der Waals surface area contributed by atoms with Gasteiger partial charge >= 0.3 is 5.63 Å². The van der Waals surface area contributed by atoms with E-state index in [1.54, 1.807) is 0 Å². The highest BCUT2D eigenvalue weighted by Gasteiger charge is 2.11. The number of thiophene rings is 1. The predicted octanol–water partition coefficient (Wildman–Crippen LogP) is 3.32. The highest BCUT2D eigenvalue weighted by Crippen LogP contribution is 2.31. The molecule has 0 aliphatic rings. The molecule has 0 radical (unpaired) electrons. The third kappa shape index (κ3) is 2.13. The predicted molar refractivity (Wildman–Crippen MR) is 74.8 cm³/mol. The number of aromatic nitrogens is 1. The van der Waals surface area contributed by atoms with Gasteiger partial charge in [-0.15, -0.1) is 11.3 Å². The summed E-state index contributed by atoms with van der Waals surface area (Å²) in [5.41, 5.74) is 1.45. The second-order valence-electron chi connectivity index (χ2n) is 3.93. The lowest BCUT2D eigenvalue weighted by Gasteiger charge is -2.04. The van der Waals surface area contributed by atoms with E-state index in [0.29, 0.717) is 16.8 Å². The molecule has 1 aromatic carbocycles. The Morgan fingerprint density at radius 3 is 2.84 bits per heavy atom. The van der Waals surface area contributed by atoms with Crippen LogP contribution in [0.4, 0.5) is 0 Å². The molecule has 3 rings (SSSR count). The molecule has 0 bridgehead atoms. The lowest BCUT2D eigenvalue weighted by Crippen LogP contribution is -1.98.